The Kier molecular flexibility index (Phi) is 7.84. The molecule has 1 unspecified atom stereocenters. The highest BCUT2D eigenvalue weighted by Crippen LogP contribution is 2.38. The second-order valence-electron chi connectivity index (χ2n) is 11.2. The summed E-state index contributed by atoms with van der Waals surface area (Å²) in [6.07, 6.45) is -1.94. The van der Waals surface area contributed by atoms with Crippen LogP contribution in [0.4, 0.5) is 13.2 Å². The molecule has 14 heteroatoms. The third-order valence-electron chi connectivity index (χ3n) is 8.53. The molecule has 1 N–H and O–H groups in total. The van der Waals surface area contributed by atoms with Gasteiger partial charge in [-0.2, -0.15) is 18.4 Å². The third kappa shape index (κ3) is 5.82. The van der Waals surface area contributed by atoms with Gasteiger partial charge in [0.25, 0.3) is 0 Å². The number of hydrogen-bond acceptors (Lipinski definition) is 7. The van der Waals surface area contributed by atoms with Gasteiger partial charge in [0, 0.05) is 19.1 Å². The predicted octanol–water partition coefficient (Wildman–Crippen LogP) is 2.36. The lowest BCUT2D eigenvalue weighted by molar-refractivity contribution is -0.154. The fourth-order valence-corrected chi connectivity index (χ4v) is 8.26. The van der Waals surface area contributed by atoms with Gasteiger partial charge in [-0.05, 0) is 63.7 Å². The van der Waals surface area contributed by atoms with Crippen molar-refractivity contribution in [1.82, 2.24) is 20.0 Å². The van der Waals surface area contributed by atoms with Crippen molar-refractivity contribution in [3.63, 3.8) is 0 Å². The van der Waals surface area contributed by atoms with E-state index in [4.69, 9.17) is 11.6 Å². The first-order valence-electron chi connectivity index (χ1n) is 13.4. The van der Waals surface area contributed by atoms with E-state index in [1.807, 2.05) is 4.90 Å². The number of halogens is 4. The van der Waals surface area contributed by atoms with Gasteiger partial charge in [-0.15, -0.1) is 0 Å². The monoisotopic (exact) mass is 601 g/mol. The number of nitrogens with one attached hydrogen (secondary N) is 1. The van der Waals surface area contributed by atoms with Crippen LogP contribution in [0.15, 0.2) is 29.2 Å². The number of carbonyl (C=O) groups is 2. The molecule has 2 amide bonds. The van der Waals surface area contributed by atoms with Crippen molar-refractivity contribution >= 4 is 33.3 Å². The van der Waals surface area contributed by atoms with Crippen molar-refractivity contribution in [2.24, 2.45) is 0 Å². The lowest BCUT2D eigenvalue weighted by Crippen LogP contribution is -2.63. The molecule has 3 atom stereocenters. The number of alkyl halides is 3. The number of hydrogen-bond donors (Lipinski definition) is 1. The molecule has 4 aliphatic rings. The second-order valence-corrected chi connectivity index (χ2v) is 13.8. The number of rotatable bonds is 7. The quantitative estimate of drug-likeness (QED) is 0.510. The molecule has 0 spiro atoms. The molecule has 1 aromatic carbocycles. The molecular formula is C26H31ClF3N5O4S. The van der Waals surface area contributed by atoms with Gasteiger partial charge >= 0.3 is 6.18 Å². The van der Waals surface area contributed by atoms with Crippen molar-refractivity contribution < 1.29 is 31.2 Å². The topological polar surface area (TPSA) is 114 Å². The SMILES string of the molecule is N#CC1(NC(=O)[C@@H]2C[C@@H](S(=O)(=O)c3ccccc3Cl)CN2C(=O)C2CCN2C2CCN(CC(F)(F)F)CC2)CC1. The summed E-state index contributed by atoms with van der Waals surface area (Å²) in [7, 11) is -3.99. The minimum absolute atomic E-state index is 0.0525. The highest BCUT2D eigenvalue weighted by Gasteiger charge is 2.52. The maximum Gasteiger partial charge on any atom is 0.401 e. The van der Waals surface area contributed by atoms with Crippen LogP contribution in [0.2, 0.25) is 5.02 Å². The molecule has 5 rings (SSSR count). The highest BCUT2D eigenvalue weighted by molar-refractivity contribution is 7.92. The Morgan fingerprint density at radius 1 is 1.10 bits per heavy atom. The molecule has 4 fully saturated rings. The molecule has 1 saturated carbocycles. The minimum atomic E-state index is -4.27. The van der Waals surface area contributed by atoms with Crippen molar-refractivity contribution in [3.8, 4) is 6.07 Å². The van der Waals surface area contributed by atoms with Crippen molar-refractivity contribution in [1.29, 1.82) is 5.26 Å². The number of benzene rings is 1. The maximum absolute atomic E-state index is 13.8. The lowest BCUT2D eigenvalue weighted by Gasteiger charge is -2.49. The van der Waals surface area contributed by atoms with Gasteiger partial charge in [0.15, 0.2) is 9.84 Å². The van der Waals surface area contributed by atoms with E-state index in [-0.39, 0.29) is 47.9 Å². The van der Waals surface area contributed by atoms with Crippen molar-refractivity contribution in [3.05, 3.63) is 29.3 Å². The molecule has 9 nitrogen and oxygen atoms in total. The summed E-state index contributed by atoms with van der Waals surface area (Å²) in [5, 5.41) is 11.2. The third-order valence-corrected chi connectivity index (χ3v) is 11.2. The van der Waals surface area contributed by atoms with E-state index in [0.29, 0.717) is 38.6 Å². The number of likely N-dealkylation sites (tertiary alicyclic amines) is 3. The van der Waals surface area contributed by atoms with E-state index >= 15 is 0 Å². The molecule has 0 bridgehead atoms. The summed E-state index contributed by atoms with van der Waals surface area (Å²) in [4.78, 5) is 31.7. The minimum Gasteiger partial charge on any atom is -0.336 e. The second kappa shape index (κ2) is 10.8. The van der Waals surface area contributed by atoms with Gasteiger partial charge in [0.1, 0.15) is 11.6 Å². The highest BCUT2D eigenvalue weighted by atomic mass is 35.5. The summed E-state index contributed by atoms with van der Waals surface area (Å²) in [6, 6.07) is 6.38. The smallest absolute Gasteiger partial charge is 0.336 e. The number of sulfone groups is 1. The first-order valence-corrected chi connectivity index (χ1v) is 15.3. The normalized spacial score (nSPS) is 27.6. The molecule has 3 heterocycles. The molecular weight excluding hydrogens is 571 g/mol. The largest absolute Gasteiger partial charge is 0.401 e. The van der Waals surface area contributed by atoms with Crippen LogP contribution in [0, 0.1) is 11.3 Å². The van der Waals surface area contributed by atoms with E-state index < -0.39 is 51.3 Å². The molecule has 40 heavy (non-hydrogen) atoms. The molecule has 3 aliphatic heterocycles. The van der Waals surface area contributed by atoms with Crippen molar-refractivity contribution in [2.75, 3.05) is 32.7 Å². The Morgan fingerprint density at radius 2 is 1.77 bits per heavy atom. The number of amides is 2. The van der Waals surface area contributed by atoms with Crippen LogP contribution < -0.4 is 5.32 Å². The molecule has 1 aliphatic carbocycles. The maximum atomic E-state index is 13.8. The Labute approximate surface area is 236 Å². The first-order chi connectivity index (χ1) is 18.8. The number of nitriles is 1. The summed E-state index contributed by atoms with van der Waals surface area (Å²) < 4.78 is 65.4. The van der Waals surface area contributed by atoms with Gasteiger partial charge in [-0.3, -0.25) is 19.4 Å². The Bertz CT molecular complexity index is 1310. The summed E-state index contributed by atoms with van der Waals surface area (Å²) in [6.45, 7) is -0.0179. The Balaban J connectivity index is 1.32. The predicted molar refractivity (Wildman–Crippen MR) is 139 cm³/mol. The van der Waals surface area contributed by atoms with Crippen LogP contribution in [0.1, 0.15) is 38.5 Å². The van der Waals surface area contributed by atoms with Crippen LogP contribution >= 0.6 is 11.6 Å². The van der Waals surface area contributed by atoms with E-state index in [9.17, 15) is 36.4 Å². The lowest BCUT2D eigenvalue weighted by atomic mass is 9.93. The van der Waals surface area contributed by atoms with Crippen LogP contribution in [-0.4, -0.2) is 103 Å². The average Bonchev–Trinajstić information content (AvgIpc) is 3.48. The number of nitrogens with zero attached hydrogens (tertiary/aromatic N) is 4. The van der Waals surface area contributed by atoms with Crippen LogP contribution in [0.25, 0.3) is 0 Å². The van der Waals surface area contributed by atoms with E-state index in [0.717, 1.165) is 0 Å². The fourth-order valence-electron chi connectivity index (χ4n) is 6.04. The van der Waals surface area contributed by atoms with Crippen LogP contribution in [0.3, 0.4) is 0 Å². The molecule has 218 valence electrons. The van der Waals surface area contributed by atoms with Crippen LogP contribution in [-0.2, 0) is 19.4 Å². The van der Waals surface area contributed by atoms with Crippen LogP contribution in [0.5, 0.6) is 0 Å². The van der Waals surface area contributed by atoms with Crippen molar-refractivity contribution in [2.45, 2.75) is 78.5 Å². The van der Waals surface area contributed by atoms with E-state index in [1.165, 1.54) is 21.9 Å². The van der Waals surface area contributed by atoms with Gasteiger partial charge in [0.2, 0.25) is 11.8 Å². The standard InChI is InChI=1S/C26H31ClF3N5O4S/c27-19-3-1-2-4-22(19)40(38,39)18-13-21(23(36)32-25(15-31)8-9-25)35(14-18)24(37)20-7-12-34(20)17-5-10-33(11-6-17)16-26(28,29)30/h1-4,17-18,20-21H,5-14,16H2,(H,32,36)/t18-,20?,21+/m1/s1. The van der Waals surface area contributed by atoms with Gasteiger partial charge in [0.05, 0.1) is 33.8 Å². The fraction of sp³-hybridized carbons (Fsp3) is 0.654. The average molecular weight is 602 g/mol. The Morgan fingerprint density at radius 3 is 2.33 bits per heavy atom. The first kappa shape index (κ1) is 29.1. The van der Waals surface area contributed by atoms with Gasteiger partial charge < -0.3 is 10.2 Å². The number of carbonyl (C=O) groups excluding carboxylic acids is 2. The zero-order chi connectivity index (χ0) is 28.9. The molecule has 1 aromatic rings. The summed E-state index contributed by atoms with van der Waals surface area (Å²) >= 11 is 6.18. The summed E-state index contributed by atoms with van der Waals surface area (Å²) in [5.74, 6) is -0.932. The molecule has 0 aromatic heterocycles. The van der Waals surface area contributed by atoms with Gasteiger partial charge in [-0.1, -0.05) is 23.7 Å². The zero-order valence-corrected chi connectivity index (χ0v) is 23.3. The number of piperidine rings is 1. The molecule has 0 radical (unpaired) electrons. The summed E-state index contributed by atoms with van der Waals surface area (Å²) in [5.41, 5.74) is -0.988. The Hall–Kier alpha value is -2.40. The van der Waals surface area contributed by atoms with E-state index in [2.05, 4.69) is 11.4 Å². The molecule has 3 saturated heterocycles. The van der Waals surface area contributed by atoms with Gasteiger partial charge in [-0.25, -0.2) is 8.42 Å². The zero-order valence-electron chi connectivity index (χ0n) is 21.7. The van der Waals surface area contributed by atoms with E-state index in [1.54, 1.807) is 12.1 Å².